The molecule has 2 aromatic heterocycles. The number of carbonyl (C=O) groups excluding carboxylic acids is 3. The summed E-state index contributed by atoms with van der Waals surface area (Å²) >= 11 is 5.59. The molecule has 180 valence electrons. The molecule has 1 atom stereocenters. The molecule has 1 aliphatic rings. The number of aliphatic hydroxyl groups is 1. The van der Waals surface area contributed by atoms with Crippen LogP contribution in [-0.4, -0.2) is 39.3 Å². The van der Waals surface area contributed by atoms with Crippen molar-refractivity contribution in [1.82, 2.24) is 9.97 Å². The van der Waals surface area contributed by atoms with Gasteiger partial charge >= 0.3 is 5.97 Å². The van der Waals surface area contributed by atoms with Crippen molar-refractivity contribution in [3.8, 4) is 0 Å². The van der Waals surface area contributed by atoms with Crippen molar-refractivity contribution >= 4 is 61.4 Å². The molecule has 0 aliphatic carbocycles. The molecule has 8 nitrogen and oxygen atoms in total. The first-order chi connectivity index (χ1) is 16.6. The standard InChI is InChI=1S/C24H20BrN3O5S2/c1-5-9-33-23(32)21-12(3)27-24(35-21)28-17(14-7-6-8-15(25)10-14)16(19(30)22(28)31)18(29)20-11(2)26-13(4)34-20/h5-8,10,17,30H,1,9H2,2-4H3. The first kappa shape index (κ1) is 25.0. The lowest BCUT2D eigenvalue weighted by atomic mass is 9.95. The second-order valence-corrected chi connectivity index (χ2v) is 10.8. The normalized spacial score (nSPS) is 15.6. The number of aromatic nitrogens is 2. The predicted octanol–water partition coefficient (Wildman–Crippen LogP) is 5.41. The first-order valence-electron chi connectivity index (χ1n) is 10.4. The average molecular weight is 574 g/mol. The number of amides is 1. The lowest BCUT2D eigenvalue weighted by Gasteiger charge is -2.24. The quantitative estimate of drug-likeness (QED) is 0.228. The number of thiazole rings is 2. The zero-order valence-electron chi connectivity index (χ0n) is 19.0. The molecule has 0 saturated carbocycles. The SMILES string of the molecule is C=CCOC(=O)c1sc(N2C(=O)C(O)=C(C(=O)c3sc(C)nc3C)C2c2cccc(Br)c2)nc1C. The maximum absolute atomic E-state index is 13.6. The van der Waals surface area contributed by atoms with Crippen LogP contribution >= 0.6 is 38.6 Å². The molecule has 35 heavy (non-hydrogen) atoms. The molecule has 0 fully saturated rings. The Kier molecular flexibility index (Phi) is 7.02. The van der Waals surface area contributed by atoms with Crippen LogP contribution in [-0.2, 0) is 9.53 Å². The highest BCUT2D eigenvalue weighted by molar-refractivity contribution is 9.10. The van der Waals surface area contributed by atoms with Crippen LogP contribution < -0.4 is 4.90 Å². The number of hydrogen-bond donors (Lipinski definition) is 1. The van der Waals surface area contributed by atoms with Gasteiger partial charge in [-0.2, -0.15) is 0 Å². The molecule has 1 aliphatic heterocycles. The molecule has 1 unspecified atom stereocenters. The van der Waals surface area contributed by atoms with Crippen LogP contribution in [0.1, 0.15) is 47.3 Å². The van der Waals surface area contributed by atoms with E-state index in [1.54, 1.807) is 39.0 Å². The van der Waals surface area contributed by atoms with Crippen LogP contribution in [0.3, 0.4) is 0 Å². The van der Waals surface area contributed by atoms with Crippen molar-refractivity contribution in [2.24, 2.45) is 0 Å². The lowest BCUT2D eigenvalue weighted by Crippen LogP contribution is -2.31. The van der Waals surface area contributed by atoms with E-state index in [-0.39, 0.29) is 22.2 Å². The Bertz CT molecular complexity index is 1410. The van der Waals surface area contributed by atoms with Crippen LogP contribution in [0.5, 0.6) is 0 Å². The number of nitrogens with zero attached hydrogens (tertiary/aromatic N) is 3. The van der Waals surface area contributed by atoms with Gasteiger partial charge in [0.05, 0.1) is 32.9 Å². The number of carbonyl (C=O) groups is 3. The van der Waals surface area contributed by atoms with Gasteiger partial charge in [-0.25, -0.2) is 14.8 Å². The molecule has 0 saturated heterocycles. The molecule has 1 N–H and O–H groups in total. The summed E-state index contributed by atoms with van der Waals surface area (Å²) in [6.07, 6.45) is 1.45. The fourth-order valence-electron chi connectivity index (χ4n) is 3.77. The van der Waals surface area contributed by atoms with E-state index in [0.29, 0.717) is 26.8 Å². The number of ether oxygens (including phenoxy) is 1. The third kappa shape index (κ3) is 4.58. The summed E-state index contributed by atoms with van der Waals surface area (Å²) in [6, 6.07) is 6.14. The number of esters is 1. The van der Waals surface area contributed by atoms with Crippen LogP contribution in [0.15, 0.2) is 52.7 Å². The smallest absolute Gasteiger partial charge is 0.350 e. The van der Waals surface area contributed by atoms with E-state index >= 15 is 0 Å². The summed E-state index contributed by atoms with van der Waals surface area (Å²) < 4.78 is 5.86. The van der Waals surface area contributed by atoms with E-state index in [1.807, 2.05) is 6.07 Å². The predicted molar refractivity (Wildman–Crippen MR) is 137 cm³/mol. The second-order valence-electron chi connectivity index (χ2n) is 7.67. The van der Waals surface area contributed by atoms with E-state index in [2.05, 4.69) is 32.5 Å². The van der Waals surface area contributed by atoms with E-state index in [1.165, 1.54) is 22.3 Å². The number of aliphatic hydroxyl groups excluding tert-OH is 1. The lowest BCUT2D eigenvalue weighted by molar-refractivity contribution is -0.117. The molecule has 0 radical (unpaired) electrons. The Morgan fingerprint density at radius 2 is 1.91 bits per heavy atom. The monoisotopic (exact) mass is 573 g/mol. The third-order valence-electron chi connectivity index (χ3n) is 5.24. The van der Waals surface area contributed by atoms with Gasteiger partial charge in [0.15, 0.2) is 10.9 Å². The number of aryl methyl sites for hydroxylation is 3. The number of hydrogen-bond acceptors (Lipinski definition) is 9. The minimum absolute atomic E-state index is 0.0312. The number of Topliss-reactive ketones (excluding diaryl/α,β-unsaturated/α-hetero) is 1. The maximum atomic E-state index is 13.6. The van der Waals surface area contributed by atoms with Crippen molar-refractivity contribution in [2.75, 3.05) is 11.5 Å². The fourth-order valence-corrected chi connectivity index (χ4v) is 6.04. The number of halogens is 1. The molecular weight excluding hydrogens is 554 g/mol. The minimum atomic E-state index is -0.961. The highest BCUT2D eigenvalue weighted by Crippen LogP contribution is 2.44. The molecular formula is C24H20BrN3O5S2. The van der Waals surface area contributed by atoms with Crippen LogP contribution in [0.25, 0.3) is 0 Å². The van der Waals surface area contributed by atoms with Crippen molar-refractivity contribution in [2.45, 2.75) is 26.8 Å². The second kappa shape index (κ2) is 9.84. The Balaban J connectivity index is 1.85. The molecule has 0 bridgehead atoms. The third-order valence-corrected chi connectivity index (χ3v) is 7.94. The van der Waals surface area contributed by atoms with Gasteiger partial charge in [-0.05, 0) is 38.5 Å². The van der Waals surface area contributed by atoms with Gasteiger partial charge in [0.25, 0.3) is 5.91 Å². The highest BCUT2D eigenvalue weighted by Gasteiger charge is 2.47. The van der Waals surface area contributed by atoms with Gasteiger partial charge in [0.2, 0.25) is 5.78 Å². The molecule has 1 amide bonds. The maximum Gasteiger partial charge on any atom is 0.350 e. The van der Waals surface area contributed by atoms with E-state index in [4.69, 9.17) is 4.74 Å². The molecule has 4 rings (SSSR count). The number of anilines is 1. The van der Waals surface area contributed by atoms with Crippen LogP contribution in [0.4, 0.5) is 5.13 Å². The number of rotatable bonds is 7. The Hall–Kier alpha value is -3.15. The summed E-state index contributed by atoms with van der Waals surface area (Å²) in [5.41, 5.74) is 1.41. The van der Waals surface area contributed by atoms with Gasteiger partial charge in [-0.1, -0.05) is 52.1 Å². The van der Waals surface area contributed by atoms with Crippen molar-refractivity contribution in [3.63, 3.8) is 0 Å². The van der Waals surface area contributed by atoms with Gasteiger partial charge in [0.1, 0.15) is 11.5 Å². The zero-order valence-corrected chi connectivity index (χ0v) is 22.2. The topological polar surface area (TPSA) is 110 Å². The van der Waals surface area contributed by atoms with Gasteiger partial charge < -0.3 is 9.84 Å². The largest absolute Gasteiger partial charge is 0.503 e. The fraction of sp³-hybridized carbons (Fsp3) is 0.208. The number of ketones is 1. The van der Waals surface area contributed by atoms with E-state index < -0.39 is 29.5 Å². The van der Waals surface area contributed by atoms with Crippen molar-refractivity contribution < 1.29 is 24.2 Å². The van der Waals surface area contributed by atoms with Gasteiger partial charge in [-0.15, -0.1) is 11.3 Å². The van der Waals surface area contributed by atoms with Crippen LogP contribution in [0, 0.1) is 20.8 Å². The number of benzene rings is 1. The molecule has 1 aromatic carbocycles. The summed E-state index contributed by atoms with van der Waals surface area (Å²) in [5, 5.41) is 11.8. The Labute approximate surface area is 217 Å². The Morgan fingerprint density at radius 1 is 1.20 bits per heavy atom. The molecule has 3 aromatic rings. The van der Waals surface area contributed by atoms with Gasteiger partial charge in [0, 0.05) is 4.47 Å². The van der Waals surface area contributed by atoms with Gasteiger partial charge in [-0.3, -0.25) is 14.5 Å². The molecule has 11 heteroatoms. The van der Waals surface area contributed by atoms with Crippen molar-refractivity contribution in [1.29, 1.82) is 0 Å². The van der Waals surface area contributed by atoms with E-state index in [9.17, 15) is 19.5 Å². The van der Waals surface area contributed by atoms with Crippen molar-refractivity contribution in [3.05, 3.63) is 84.4 Å². The Morgan fingerprint density at radius 3 is 2.54 bits per heavy atom. The molecule has 3 heterocycles. The van der Waals surface area contributed by atoms with Crippen LogP contribution in [0.2, 0.25) is 0 Å². The highest BCUT2D eigenvalue weighted by atomic mass is 79.9. The summed E-state index contributed by atoms with van der Waals surface area (Å²) in [6.45, 7) is 8.68. The van der Waals surface area contributed by atoms with E-state index in [0.717, 1.165) is 15.8 Å². The first-order valence-corrected chi connectivity index (χ1v) is 12.8. The molecule has 0 spiro atoms. The average Bonchev–Trinajstić information content (AvgIpc) is 3.44. The summed E-state index contributed by atoms with van der Waals surface area (Å²) in [4.78, 5) is 50.0. The summed E-state index contributed by atoms with van der Waals surface area (Å²) in [7, 11) is 0. The summed E-state index contributed by atoms with van der Waals surface area (Å²) in [5.74, 6) is -2.52. The zero-order chi connectivity index (χ0) is 25.4. The minimum Gasteiger partial charge on any atom is -0.503 e.